The Labute approximate surface area is 237 Å². The minimum absolute atomic E-state index is 0.00855. The number of hydrogen-bond acceptors (Lipinski definition) is 4. The van der Waals surface area contributed by atoms with Gasteiger partial charge in [-0.2, -0.15) is 13.2 Å². The van der Waals surface area contributed by atoms with Crippen LogP contribution in [0.15, 0.2) is 77.7 Å². The van der Waals surface area contributed by atoms with E-state index >= 15 is 0 Å². The van der Waals surface area contributed by atoms with Gasteiger partial charge in [-0.05, 0) is 78.3 Å². The molecule has 214 valence electrons. The topological polar surface area (TPSA) is 41.6 Å². The largest absolute Gasteiger partial charge is 0.416 e. The third-order valence-electron chi connectivity index (χ3n) is 7.10. The van der Waals surface area contributed by atoms with Gasteiger partial charge >= 0.3 is 6.18 Å². The number of rotatable bonds is 11. The first-order valence-corrected chi connectivity index (χ1v) is 14.4. The number of benzene rings is 3. The predicted octanol–water partition coefficient (Wildman–Crippen LogP) is 7.49. The van der Waals surface area contributed by atoms with Gasteiger partial charge < -0.3 is 15.0 Å². The quantitative estimate of drug-likeness (QED) is 0.146. The van der Waals surface area contributed by atoms with E-state index < -0.39 is 18.4 Å². The number of anilines is 1. The summed E-state index contributed by atoms with van der Waals surface area (Å²) < 4.78 is 57.3. The van der Waals surface area contributed by atoms with Crippen LogP contribution in [0.25, 0.3) is 0 Å². The van der Waals surface area contributed by atoms with Gasteiger partial charge in [0.15, 0.2) is 0 Å². The van der Waals surface area contributed by atoms with Crippen LogP contribution in [0, 0.1) is 0 Å². The van der Waals surface area contributed by atoms with E-state index in [0.29, 0.717) is 25.3 Å². The molecule has 0 radical (unpaired) electrons. The van der Waals surface area contributed by atoms with Crippen LogP contribution in [0.2, 0.25) is 0 Å². The van der Waals surface area contributed by atoms with Gasteiger partial charge in [0.1, 0.15) is 6.67 Å². The van der Waals surface area contributed by atoms with Gasteiger partial charge in [0.2, 0.25) is 0 Å². The fourth-order valence-electron chi connectivity index (χ4n) is 4.97. The van der Waals surface area contributed by atoms with Crippen LogP contribution in [0.4, 0.5) is 23.2 Å². The number of nitrogens with one attached hydrogen (secondary N) is 1. The van der Waals surface area contributed by atoms with E-state index in [0.717, 1.165) is 47.5 Å². The zero-order chi connectivity index (χ0) is 28.5. The molecule has 1 fully saturated rings. The third kappa shape index (κ3) is 8.01. The highest BCUT2D eigenvalue weighted by Crippen LogP contribution is 2.36. The Bertz CT molecular complexity index is 1220. The van der Waals surface area contributed by atoms with Gasteiger partial charge in [-0.1, -0.05) is 31.2 Å². The number of ether oxygens (including phenoxy) is 1. The first-order valence-electron chi connectivity index (χ1n) is 13.5. The standard InChI is InChI=1S/C31H34F4N2O2S/c1-2-40-29-15-3-22(4-16-29)19-36-30(38)24-7-12-27(13-8-24)37-20-25(9-14-28(37)21-39-18-17-32)23-5-10-26(11-6-23)31(33,34)35/h3-8,10-13,15-16,25,28H,2,9,14,17-21H2,1H3,(H,36,38)/t25?,28-/m0/s1. The van der Waals surface area contributed by atoms with Crippen LogP contribution in [0.3, 0.4) is 0 Å². The second-order valence-corrected chi connectivity index (χ2v) is 11.1. The molecule has 0 bridgehead atoms. The Balaban J connectivity index is 1.43. The van der Waals surface area contributed by atoms with Crippen molar-refractivity contribution in [3.63, 3.8) is 0 Å². The van der Waals surface area contributed by atoms with Crippen molar-refractivity contribution in [3.05, 3.63) is 95.1 Å². The smallest absolute Gasteiger partial charge is 0.377 e. The molecule has 9 heteroatoms. The Morgan fingerprint density at radius 1 is 1.00 bits per heavy atom. The van der Waals surface area contributed by atoms with Gasteiger partial charge in [0.05, 0.1) is 24.8 Å². The lowest BCUT2D eigenvalue weighted by Gasteiger charge is -2.41. The summed E-state index contributed by atoms with van der Waals surface area (Å²) in [5.41, 5.74) is 2.61. The Kier molecular flexibility index (Phi) is 10.5. The molecule has 1 aliphatic rings. The summed E-state index contributed by atoms with van der Waals surface area (Å²) in [4.78, 5) is 16.1. The Morgan fingerprint density at radius 2 is 1.70 bits per heavy atom. The molecule has 1 unspecified atom stereocenters. The molecule has 1 amide bonds. The van der Waals surface area contributed by atoms with Crippen LogP contribution in [0.1, 0.15) is 52.7 Å². The van der Waals surface area contributed by atoms with E-state index in [1.165, 1.54) is 4.90 Å². The number of nitrogens with zero attached hydrogens (tertiary/aromatic N) is 1. The monoisotopic (exact) mass is 574 g/mol. The highest BCUT2D eigenvalue weighted by Gasteiger charge is 2.32. The fourth-order valence-corrected chi connectivity index (χ4v) is 5.63. The van der Waals surface area contributed by atoms with Crippen LogP contribution in [-0.2, 0) is 17.5 Å². The van der Waals surface area contributed by atoms with E-state index in [9.17, 15) is 22.4 Å². The van der Waals surface area contributed by atoms with Crippen molar-refractivity contribution >= 4 is 23.4 Å². The molecule has 4 nitrogen and oxygen atoms in total. The first kappa shape index (κ1) is 29.9. The average molecular weight is 575 g/mol. The summed E-state index contributed by atoms with van der Waals surface area (Å²) >= 11 is 1.77. The van der Waals surface area contributed by atoms with Gasteiger partial charge in [-0.25, -0.2) is 4.39 Å². The summed E-state index contributed by atoms with van der Waals surface area (Å²) in [6.45, 7) is 2.91. The van der Waals surface area contributed by atoms with E-state index in [1.807, 2.05) is 24.3 Å². The molecule has 1 heterocycles. The molecule has 3 aromatic carbocycles. The summed E-state index contributed by atoms with van der Waals surface area (Å²) in [7, 11) is 0. The highest BCUT2D eigenvalue weighted by atomic mass is 32.2. The minimum atomic E-state index is -4.37. The first-order chi connectivity index (χ1) is 19.3. The zero-order valence-corrected chi connectivity index (χ0v) is 23.2. The normalized spacial score (nSPS) is 17.6. The lowest BCUT2D eigenvalue weighted by atomic mass is 9.86. The van der Waals surface area contributed by atoms with E-state index in [-0.39, 0.29) is 24.5 Å². The van der Waals surface area contributed by atoms with Gasteiger partial charge in [0, 0.05) is 35.2 Å². The molecule has 0 spiro atoms. The molecule has 0 aliphatic carbocycles. The lowest BCUT2D eigenvalue weighted by Crippen LogP contribution is -2.45. The molecule has 40 heavy (non-hydrogen) atoms. The second-order valence-electron chi connectivity index (χ2n) is 9.77. The molecule has 1 saturated heterocycles. The van der Waals surface area contributed by atoms with Crippen molar-refractivity contribution in [1.29, 1.82) is 0 Å². The number of thioether (sulfide) groups is 1. The van der Waals surface area contributed by atoms with E-state index in [1.54, 1.807) is 36.0 Å². The molecule has 0 saturated carbocycles. The number of carbonyl (C=O) groups is 1. The number of hydrogen-bond donors (Lipinski definition) is 1. The van der Waals surface area contributed by atoms with Crippen molar-refractivity contribution in [3.8, 4) is 0 Å². The van der Waals surface area contributed by atoms with Crippen molar-refractivity contribution in [2.24, 2.45) is 0 Å². The minimum Gasteiger partial charge on any atom is -0.377 e. The Morgan fingerprint density at radius 3 is 2.33 bits per heavy atom. The number of piperidine rings is 1. The third-order valence-corrected chi connectivity index (χ3v) is 7.99. The fraction of sp³-hybridized carbons (Fsp3) is 0.387. The predicted molar refractivity (Wildman–Crippen MR) is 152 cm³/mol. The number of carbonyl (C=O) groups excluding carboxylic acids is 1. The van der Waals surface area contributed by atoms with Crippen LogP contribution in [-0.4, -0.2) is 44.1 Å². The van der Waals surface area contributed by atoms with Crippen molar-refractivity contribution in [2.45, 2.75) is 49.3 Å². The van der Waals surface area contributed by atoms with Gasteiger partial charge in [0.25, 0.3) is 5.91 Å². The molecular weight excluding hydrogens is 540 g/mol. The molecule has 1 aliphatic heterocycles. The molecule has 3 aromatic rings. The van der Waals surface area contributed by atoms with E-state index in [4.69, 9.17) is 4.74 Å². The van der Waals surface area contributed by atoms with E-state index in [2.05, 4.69) is 29.3 Å². The molecular formula is C31H34F4N2O2S. The summed E-state index contributed by atoms with van der Waals surface area (Å²) in [6, 6.07) is 20.8. The Hall–Kier alpha value is -3.04. The number of amides is 1. The molecule has 4 rings (SSSR count). The van der Waals surface area contributed by atoms with Crippen LogP contribution >= 0.6 is 11.8 Å². The van der Waals surface area contributed by atoms with Crippen molar-refractivity contribution < 1.29 is 27.1 Å². The molecule has 0 aromatic heterocycles. The SMILES string of the molecule is CCSc1ccc(CNC(=O)c2ccc(N3CC(c4ccc(C(F)(F)F)cc4)CC[C@H]3COCCF)cc2)cc1. The maximum absolute atomic E-state index is 13.0. The maximum Gasteiger partial charge on any atom is 0.416 e. The average Bonchev–Trinajstić information content (AvgIpc) is 2.97. The zero-order valence-electron chi connectivity index (χ0n) is 22.4. The summed E-state index contributed by atoms with van der Waals surface area (Å²) in [6.07, 6.45) is -2.84. The number of halogens is 4. The molecule has 1 N–H and O–H groups in total. The maximum atomic E-state index is 13.0. The van der Waals surface area contributed by atoms with Crippen LogP contribution < -0.4 is 10.2 Å². The van der Waals surface area contributed by atoms with Crippen molar-refractivity contribution in [2.75, 3.05) is 37.1 Å². The summed E-state index contributed by atoms with van der Waals surface area (Å²) in [5.74, 6) is 0.859. The van der Waals surface area contributed by atoms with Gasteiger partial charge in [-0.3, -0.25) is 4.79 Å². The number of alkyl halides is 4. The highest BCUT2D eigenvalue weighted by molar-refractivity contribution is 7.99. The van der Waals surface area contributed by atoms with Crippen molar-refractivity contribution in [1.82, 2.24) is 5.32 Å². The summed E-state index contributed by atoms with van der Waals surface area (Å²) in [5, 5.41) is 2.96. The lowest BCUT2D eigenvalue weighted by molar-refractivity contribution is -0.137. The molecule has 2 atom stereocenters. The van der Waals surface area contributed by atoms with Gasteiger partial charge in [-0.15, -0.1) is 11.8 Å². The van der Waals surface area contributed by atoms with Crippen LogP contribution in [0.5, 0.6) is 0 Å². The second kappa shape index (κ2) is 14.0.